The molecule has 11 heteroatoms. The molecule has 1 aliphatic heterocycles. The molecule has 2 heterocycles. The van der Waals surface area contributed by atoms with Crippen LogP contribution in [0.2, 0.25) is 0 Å². The number of likely N-dealkylation sites (N-methyl/N-ethyl adjacent to an activating group) is 1. The number of ketones is 2. The van der Waals surface area contributed by atoms with Gasteiger partial charge in [0.2, 0.25) is 5.78 Å². The number of amides is 1. The first kappa shape index (κ1) is 29.2. The molecule has 2 aromatic rings. The quantitative estimate of drug-likeness (QED) is 0.324. The van der Waals surface area contributed by atoms with Gasteiger partial charge in [0.15, 0.2) is 11.4 Å². The van der Waals surface area contributed by atoms with Crippen molar-refractivity contribution in [1.82, 2.24) is 9.80 Å². The van der Waals surface area contributed by atoms with Gasteiger partial charge in [0.1, 0.15) is 22.8 Å². The first-order chi connectivity index (χ1) is 20.4. The van der Waals surface area contributed by atoms with E-state index in [1.54, 1.807) is 32.7 Å². The number of carbonyl (C=O) groups is 3. The number of phenolic OH excluding ortho intramolecular Hbond substituents is 1. The Bertz CT molecular complexity index is 1580. The number of aromatic hydroxyl groups is 1. The van der Waals surface area contributed by atoms with Gasteiger partial charge in [-0.2, -0.15) is 0 Å². The molecule has 228 valence electrons. The van der Waals surface area contributed by atoms with Crippen LogP contribution in [0.15, 0.2) is 46.0 Å². The van der Waals surface area contributed by atoms with Crippen molar-refractivity contribution in [3.05, 3.63) is 58.3 Å². The lowest BCUT2D eigenvalue weighted by Gasteiger charge is -2.50. The number of piperidine rings is 1. The zero-order chi connectivity index (χ0) is 31.0. The maximum Gasteiger partial charge on any atom is 0.255 e. The zero-order valence-electron chi connectivity index (χ0n) is 24.5. The van der Waals surface area contributed by atoms with Gasteiger partial charge in [0, 0.05) is 17.1 Å². The predicted octanol–water partition coefficient (Wildman–Crippen LogP) is 2.11. The smallest absolute Gasteiger partial charge is 0.255 e. The van der Waals surface area contributed by atoms with Crippen molar-refractivity contribution >= 4 is 23.2 Å². The maximum absolute atomic E-state index is 14.2. The van der Waals surface area contributed by atoms with E-state index in [1.807, 2.05) is 6.07 Å². The summed E-state index contributed by atoms with van der Waals surface area (Å²) in [6.45, 7) is 1.88. The molecular formula is C32H37N3O8. The van der Waals surface area contributed by atoms with E-state index in [0.717, 1.165) is 37.1 Å². The number of carbonyl (C=O) groups excluding carboxylic acids is 3. The number of hydrogen-bond acceptors (Lipinski definition) is 10. The lowest BCUT2D eigenvalue weighted by Crippen LogP contribution is -2.65. The first-order valence-electron chi connectivity index (χ1n) is 14.6. The van der Waals surface area contributed by atoms with Crippen molar-refractivity contribution in [2.24, 2.45) is 23.5 Å². The van der Waals surface area contributed by atoms with Crippen LogP contribution in [0.1, 0.15) is 36.0 Å². The summed E-state index contributed by atoms with van der Waals surface area (Å²) in [7, 11) is 5.23. The minimum absolute atomic E-state index is 0.0364. The number of hydrogen-bond donors (Lipinski definition) is 5. The summed E-state index contributed by atoms with van der Waals surface area (Å²) in [4.78, 5) is 43.5. The van der Waals surface area contributed by atoms with Gasteiger partial charge in [0.25, 0.3) is 5.91 Å². The van der Waals surface area contributed by atoms with E-state index in [0.29, 0.717) is 23.5 Å². The van der Waals surface area contributed by atoms with Crippen LogP contribution in [0.5, 0.6) is 5.75 Å². The number of benzene rings is 1. The number of aliphatic hydroxyl groups excluding tert-OH is 2. The Balaban J connectivity index is 1.53. The van der Waals surface area contributed by atoms with Crippen molar-refractivity contribution in [2.75, 3.05) is 34.2 Å². The summed E-state index contributed by atoms with van der Waals surface area (Å²) in [5.74, 6) is -6.21. The molecule has 1 saturated heterocycles. The van der Waals surface area contributed by atoms with E-state index in [-0.39, 0.29) is 29.7 Å². The lowest BCUT2D eigenvalue weighted by molar-refractivity contribution is -0.153. The van der Waals surface area contributed by atoms with Crippen LogP contribution in [-0.4, -0.2) is 93.6 Å². The van der Waals surface area contributed by atoms with Gasteiger partial charge in [-0.05, 0) is 107 Å². The van der Waals surface area contributed by atoms with Gasteiger partial charge in [0.05, 0.1) is 24.1 Å². The Labute approximate surface area is 248 Å². The fourth-order valence-corrected chi connectivity index (χ4v) is 7.78. The summed E-state index contributed by atoms with van der Waals surface area (Å²) in [5.41, 5.74) is 4.64. The third kappa shape index (κ3) is 4.32. The highest BCUT2D eigenvalue weighted by molar-refractivity contribution is 6.24. The third-order valence-electron chi connectivity index (χ3n) is 9.98. The maximum atomic E-state index is 14.2. The van der Waals surface area contributed by atoms with Gasteiger partial charge in [-0.1, -0.05) is 0 Å². The number of fused-ring (bicyclic) bond motifs is 3. The topological polar surface area (TPSA) is 178 Å². The number of nitrogens with zero attached hydrogens (tertiary/aromatic N) is 2. The van der Waals surface area contributed by atoms with Crippen molar-refractivity contribution in [2.45, 2.75) is 43.7 Å². The predicted molar refractivity (Wildman–Crippen MR) is 156 cm³/mol. The highest BCUT2D eigenvalue weighted by Gasteiger charge is 2.64. The fourth-order valence-electron chi connectivity index (χ4n) is 7.78. The van der Waals surface area contributed by atoms with Gasteiger partial charge in [-0.25, -0.2) is 0 Å². The van der Waals surface area contributed by atoms with Crippen LogP contribution in [0.25, 0.3) is 16.9 Å². The minimum atomic E-state index is -2.67. The van der Waals surface area contributed by atoms with Crippen LogP contribution in [-0.2, 0) is 27.2 Å². The monoisotopic (exact) mass is 591 g/mol. The third-order valence-corrected chi connectivity index (χ3v) is 9.98. The van der Waals surface area contributed by atoms with E-state index in [4.69, 9.17) is 10.2 Å². The molecule has 2 fully saturated rings. The Morgan fingerprint density at radius 2 is 1.88 bits per heavy atom. The minimum Gasteiger partial charge on any atom is -0.508 e. The number of furan rings is 1. The van der Waals surface area contributed by atoms with Gasteiger partial charge in [-0.15, -0.1) is 0 Å². The van der Waals surface area contributed by atoms with Gasteiger partial charge < -0.3 is 35.5 Å². The number of primary amides is 1. The van der Waals surface area contributed by atoms with Crippen molar-refractivity contribution in [3.63, 3.8) is 0 Å². The van der Waals surface area contributed by atoms with Crippen molar-refractivity contribution in [3.8, 4) is 16.9 Å². The summed E-state index contributed by atoms with van der Waals surface area (Å²) in [6.07, 6.45) is 5.86. The molecule has 3 aliphatic carbocycles. The summed E-state index contributed by atoms with van der Waals surface area (Å²) in [5, 5.41) is 46.4. The number of aliphatic hydroxyl groups is 3. The molecule has 1 aromatic carbocycles. The number of likely N-dealkylation sites (tertiary alicyclic amines) is 1. The Hall–Kier alpha value is -3.93. The largest absolute Gasteiger partial charge is 0.508 e. The molecule has 0 bridgehead atoms. The molecule has 6 N–H and O–H groups in total. The van der Waals surface area contributed by atoms with Crippen molar-refractivity contribution < 1.29 is 39.2 Å². The molecule has 11 nitrogen and oxygen atoms in total. The SMILES string of the molecule is CN1CCC(Cc2cc(-c3ccoc3)c3c(c2O)C(O)=C2C(=O)[C@@]4(O)C(O)=C(C(N)=O)C(=O)[C@H](N(C)C)[C@H]4C[C@H]2C3)CC1. The van der Waals surface area contributed by atoms with Crippen LogP contribution in [0.4, 0.5) is 0 Å². The number of phenols is 1. The first-order valence-corrected chi connectivity index (χ1v) is 14.6. The molecule has 4 aliphatic rings. The second-order valence-electron chi connectivity index (χ2n) is 12.7. The molecule has 0 unspecified atom stereocenters. The Kier molecular flexibility index (Phi) is 7.02. The molecule has 0 radical (unpaired) electrons. The summed E-state index contributed by atoms with van der Waals surface area (Å²) in [6, 6.07) is 2.59. The lowest BCUT2D eigenvalue weighted by atomic mass is 9.57. The Morgan fingerprint density at radius 1 is 1.19 bits per heavy atom. The summed E-state index contributed by atoms with van der Waals surface area (Å²) < 4.78 is 5.38. The molecular weight excluding hydrogens is 554 g/mol. The normalized spacial score (nSPS) is 28.3. The highest BCUT2D eigenvalue weighted by Crippen LogP contribution is 2.54. The van der Waals surface area contributed by atoms with E-state index in [9.17, 15) is 34.8 Å². The molecule has 0 spiro atoms. The van der Waals surface area contributed by atoms with Crippen LogP contribution in [0, 0.1) is 17.8 Å². The fraction of sp³-hybridized carbons (Fsp3) is 0.469. The molecule has 1 amide bonds. The van der Waals surface area contributed by atoms with Gasteiger partial charge >= 0.3 is 0 Å². The average Bonchev–Trinajstić information content (AvgIpc) is 3.48. The second kappa shape index (κ2) is 10.4. The highest BCUT2D eigenvalue weighted by atomic mass is 16.3. The Morgan fingerprint density at radius 3 is 2.49 bits per heavy atom. The number of rotatable bonds is 5. The standard InChI is InChI=1S/C32H37N3O8/c1-34(2)25-21-13-17-11-20-19(16-6-9-43-14-16)12-18(10-15-4-7-35(3)8-5-15)26(36)23(20)27(37)22(17)29(39)32(21,42)30(40)24(28(25)38)31(33)41/h6,9,12,14-15,17,21,25,36-37,40,42H,4-5,7-8,10-11,13H2,1-3H3,(H2,33,41)/t17-,21-,25-,32-/m1/s1. The average molecular weight is 592 g/mol. The molecule has 1 saturated carbocycles. The van der Waals surface area contributed by atoms with Gasteiger partial charge in [-0.3, -0.25) is 19.3 Å². The van der Waals surface area contributed by atoms with Crippen molar-refractivity contribution in [1.29, 1.82) is 0 Å². The van der Waals surface area contributed by atoms with Crippen LogP contribution < -0.4 is 5.73 Å². The number of Topliss-reactive ketones (excluding diaryl/α,β-unsaturated/α-hetero) is 2. The van der Waals surface area contributed by atoms with E-state index < -0.39 is 58.0 Å². The van der Waals surface area contributed by atoms with Crippen LogP contribution >= 0.6 is 0 Å². The van der Waals surface area contributed by atoms with E-state index in [2.05, 4.69) is 11.9 Å². The number of nitrogens with two attached hydrogens (primary N) is 1. The van der Waals surface area contributed by atoms with E-state index >= 15 is 0 Å². The molecule has 4 atom stereocenters. The summed E-state index contributed by atoms with van der Waals surface area (Å²) >= 11 is 0. The molecule has 6 rings (SSSR count). The van der Waals surface area contributed by atoms with E-state index in [1.165, 1.54) is 4.90 Å². The molecule has 1 aromatic heterocycles. The second-order valence-corrected chi connectivity index (χ2v) is 12.7. The zero-order valence-corrected chi connectivity index (χ0v) is 24.5. The molecule has 43 heavy (non-hydrogen) atoms. The van der Waals surface area contributed by atoms with Crippen LogP contribution in [0.3, 0.4) is 0 Å².